The van der Waals surface area contributed by atoms with Crippen molar-refractivity contribution in [1.29, 1.82) is 0 Å². The Morgan fingerprint density at radius 2 is 1.00 bits per heavy atom. The summed E-state index contributed by atoms with van der Waals surface area (Å²) in [7, 11) is 0. The Kier molecular flexibility index (Phi) is 11.5. The molecule has 0 heterocycles. The summed E-state index contributed by atoms with van der Waals surface area (Å²) in [4.78, 5) is 7.91. The van der Waals surface area contributed by atoms with Crippen LogP contribution in [0.4, 0.5) is 0 Å². The van der Waals surface area contributed by atoms with Gasteiger partial charge in [-0.3, -0.25) is 9.80 Å². The normalized spacial score (nSPS) is 13.7. The van der Waals surface area contributed by atoms with Crippen molar-refractivity contribution in [1.82, 2.24) is 14.7 Å². The molecule has 0 aliphatic carbocycles. The molecule has 0 saturated heterocycles. The third-order valence-corrected chi connectivity index (χ3v) is 5.25. The summed E-state index contributed by atoms with van der Waals surface area (Å²) in [5.74, 6) is 0. The van der Waals surface area contributed by atoms with E-state index >= 15 is 0 Å². The Bertz CT molecular complexity index is 321. The van der Waals surface area contributed by atoms with Crippen LogP contribution in [0.1, 0.15) is 89.0 Å². The van der Waals surface area contributed by atoms with Gasteiger partial charge in [-0.05, 0) is 109 Å². The maximum Gasteiger partial charge on any atom is 0.0127 e. The van der Waals surface area contributed by atoms with Crippen molar-refractivity contribution in [3.63, 3.8) is 0 Å². The van der Waals surface area contributed by atoms with Crippen LogP contribution >= 0.6 is 0 Å². The third kappa shape index (κ3) is 9.96. The fourth-order valence-corrected chi connectivity index (χ4v) is 4.01. The summed E-state index contributed by atoms with van der Waals surface area (Å²) in [6.07, 6.45) is 2.52. The van der Waals surface area contributed by atoms with Gasteiger partial charge in [0, 0.05) is 36.3 Å². The first-order valence-corrected chi connectivity index (χ1v) is 10.6. The van der Waals surface area contributed by atoms with E-state index in [1.54, 1.807) is 0 Å². The number of hydrogen-bond acceptors (Lipinski definition) is 3. The second-order valence-corrected chi connectivity index (χ2v) is 9.72. The Hall–Kier alpha value is -0.120. The molecule has 3 nitrogen and oxygen atoms in total. The molecule has 0 amide bonds. The lowest BCUT2D eigenvalue weighted by molar-refractivity contribution is 0.0884. The highest BCUT2D eigenvalue weighted by molar-refractivity contribution is 4.79. The van der Waals surface area contributed by atoms with Gasteiger partial charge in [0.05, 0.1) is 0 Å². The van der Waals surface area contributed by atoms with Crippen molar-refractivity contribution in [3.8, 4) is 0 Å². The second-order valence-electron chi connectivity index (χ2n) is 9.72. The topological polar surface area (TPSA) is 9.72 Å². The highest BCUT2D eigenvalue weighted by Gasteiger charge is 2.23. The predicted octanol–water partition coefficient (Wildman–Crippen LogP) is 5.10. The summed E-state index contributed by atoms with van der Waals surface area (Å²) in [6, 6.07) is 2.52. The summed E-state index contributed by atoms with van der Waals surface area (Å²) >= 11 is 0. The van der Waals surface area contributed by atoms with Crippen LogP contribution in [0.25, 0.3) is 0 Å². The van der Waals surface area contributed by atoms with Crippen molar-refractivity contribution < 1.29 is 0 Å². The molecule has 0 N–H and O–H groups in total. The van der Waals surface area contributed by atoms with E-state index in [-0.39, 0.29) is 5.54 Å². The highest BCUT2D eigenvalue weighted by atomic mass is 15.2. The lowest BCUT2D eigenvalue weighted by Crippen LogP contribution is -2.47. The molecule has 152 valence electrons. The average molecular weight is 356 g/mol. The van der Waals surface area contributed by atoms with Crippen LogP contribution in [-0.2, 0) is 0 Å². The number of rotatable bonds is 12. The molecule has 0 radical (unpaired) electrons. The molecule has 0 saturated carbocycles. The van der Waals surface area contributed by atoms with Crippen molar-refractivity contribution in [3.05, 3.63) is 0 Å². The Morgan fingerprint density at radius 1 is 0.560 bits per heavy atom. The smallest absolute Gasteiger partial charge is 0.0127 e. The summed E-state index contributed by atoms with van der Waals surface area (Å²) < 4.78 is 0. The van der Waals surface area contributed by atoms with Gasteiger partial charge in [-0.25, -0.2) is 0 Å². The molecule has 0 fully saturated rings. The average Bonchev–Trinajstić information content (AvgIpc) is 2.42. The van der Waals surface area contributed by atoms with E-state index in [2.05, 4.69) is 90.9 Å². The first kappa shape index (κ1) is 24.9. The first-order valence-electron chi connectivity index (χ1n) is 10.6. The molecule has 0 bridgehead atoms. The lowest BCUT2D eigenvalue weighted by atomic mass is 10.0. The Morgan fingerprint density at radius 3 is 1.32 bits per heavy atom. The van der Waals surface area contributed by atoms with Crippen LogP contribution in [0.3, 0.4) is 0 Å². The zero-order valence-electron chi connectivity index (χ0n) is 19.4. The standard InChI is InChI=1S/C22H49N3/c1-18(2)23(14-12-16-24(19(3)4)20(5)6)15-13-17-25(21(7)8)22(9,10)11/h18-21H,12-17H2,1-11H3. The van der Waals surface area contributed by atoms with E-state index in [0.717, 1.165) is 0 Å². The van der Waals surface area contributed by atoms with Gasteiger partial charge in [0.15, 0.2) is 0 Å². The molecule has 0 aliphatic heterocycles. The zero-order valence-corrected chi connectivity index (χ0v) is 19.4. The summed E-state index contributed by atoms with van der Waals surface area (Å²) in [5.41, 5.74) is 0.256. The van der Waals surface area contributed by atoms with Crippen LogP contribution in [0.15, 0.2) is 0 Å². The van der Waals surface area contributed by atoms with Crippen molar-refractivity contribution in [2.45, 2.75) is 119 Å². The van der Waals surface area contributed by atoms with E-state index in [9.17, 15) is 0 Å². The molecular weight excluding hydrogens is 306 g/mol. The largest absolute Gasteiger partial charge is 0.301 e. The number of nitrogens with zero attached hydrogens (tertiary/aromatic N) is 3. The SMILES string of the molecule is CC(C)N(CCCN(C(C)C)C(C)C)CCCN(C(C)C)C(C)(C)C. The Labute approximate surface area is 160 Å². The predicted molar refractivity (Wildman–Crippen MR) is 115 cm³/mol. The van der Waals surface area contributed by atoms with Gasteiger partial charge in [-0.1, -0.05) is 0 Å². The van der Waals surface area contributed by atoms with Crippen LogP contribution < -0.4 is 0 Å². The zero-order chi connectivity index (χ0) is 19.8. The number of hydrogen-bond donors (Lipinski definition) is 0. The molecule has 0 aromatic rings. The lowest BCUT2D eigenvalue weighted by Gasteiger charge is -2.39. The minimum atomic E-state index is 0.256. The summed E-state index contributed by atoms with van der Waals surface area (Å²) in [6.45, 7) is 30.4. The van der Waals surface area contributed by atoms with Gasteiger partial charge in [0.25, 0.3) is 0 Å². The van der Waals surface area contributed by atoms with E-state index in [1.165, 1.54) is 39.0 Å². The Balaban J connectivity index is 4.44. The van der Waals surface area contributed by atoms with Gasteiger partial charge in [-0.2, -0.15) is 0 Å². The molecule has 0 aromatic carbocycles. The van der Waals surface area contributed by atoms with Crippen LogP contribution in [0.5, 0.6) is 0 Å². The molecule has 0 spiro atoms. The molecular formula is C22H49N3. The highest BCUT2D eigenvalue weighted by Crippen LogP contribution is 2.17. The van der Waals surface area contributed by atoms with E-state index < -0.39 is 0 Å². The van der Waals surface area contributed by atoms with E-state index in [1.807, 2.05) is 0 Å². The van der Waals surface area contributed by atoms with Crippen LogP contribution in [-0.4, -0.2) is 70.6 Å². The molecule has 3 heteroatoms. The van der Waals surface area contributed by atoms with Gasteiger partial charge in [0.1, 0.15) is 0 Å². The van der Waals surface area contributed by atoms with Gasteiger partial charge in [0.2, 0.25) is 0 Å². The molecule has 0 aromatic heterocycles. The van der Waals surface area contributed by atoms with Crippen LogP contribution in [0, 0.1) is 0 Å². The minimum Gasteiger partial charge on any atom is -0.301 e. The van der Waals surface area contributed by atoms with E-state index in [0.29, 0.717) is 24.2 Å². The third-order valence-electron chi connectivity index (χ3n) is 5.25. The summed E-state index contributed by atoms with van der Waals surface area (Å²) in [5, 5.41) is 0. The van der Waals surface area contributed by atoms with Gasteiger partial charge >= 0.3 is 0 Å². The van der Waals surface area contributed by atoms with Crippen LogP contribution in [0.2, 0.25) is 0 Å². The first-order chi connectivity index (χ1) is 11.4. The van der Waals surface area contributed by atoms with Crippen molar-refractivity contribution in [2.24, 2.45) is 0 Å². The van der Waals surface area contributed by atoms with Crippen molar-refractivity contribution >= 4 is 0 Å². The van der Waals surface area contributed by atoms with Crippen molar-refractivity contribution in [2.75, 3.05) is 26.2 Å². The van der Waals surface area contributed by atoms with E-state index in [4.69, 9.17) is 0 Å². The van der Waals surface area contributed by atoms with Gasteiger partial charge in [-0.15, -0.1) is 0 Å². The minimum absolute atomic E-state index is 0.256. The molecule has 0 atom stereocenters. The molecule has 0 unspecified atom stereocenters. The monoisotopic (exact) mass is 355 g/mol. The van der Waals surface area contributed by atoms with Gasteiger partial charge < -0.3 is 4.90 Å². The molecule has 0 rings (SSSR count). The fraction of sp³-hybridized carbons (Fsp3) is 1.00. The molecule has 0 aliphatic rings. The quantitative estimate of drug-likeness (QED) is 0.482. The molecule has 25 heavy (non-hydrogen) atoms. The maximum absolute atomic E-state index is 2.67. The second kappa shape index (κ2) is 11.6. The maximum atomic E-state index is 2.67. The fourth-order valence-electron chi connectivity index (χ4n) is 4.01.